The number of carbonyl (C=O) groups is 2. The molecule has 7 nitrogen and oxygen atoms in total. The van der Waals surface area contributed by atoms with Crippen LogP contribution in [0, 0.1) is 0 Å². The predicted molar refractivity (Wildman–Crippen MR) is 122 cm³/mol. The monoisotopic (exact) mass is 430 g/mol. The van der Waals surface area contributed by atoms with Gasteiger partial charge < -0.3 is 15.4 Å². The van der Waals surface area contributed by atoms with Crippen LogP contribution >= 0.6 is 0 Å². The zero-order chi connectivity index (χ0) is 22.1. The molecule has 1 unspecified atom stereocenters. The molecule has 0 spiro atoms. The number of amides is 2. The molecule has 0 bridgehead atoms. The molecular weight excluding hydrogens is 392 g/mol. The number of benzene rings is 1. The standard InChI is InChI=1S/C24H38N4O3/c1-19(21-9-8-20-6-3-4-7-22(20)16-21)26-24(30)18-28-13-11-27(12-14-28)17-23(29)25-10-5-15-31-2/h8-9,16,19H,3-7,10-15,17-18H2,1-2H3,(H,25,29)(H,26,30). The molecule has 0 aromatic heterocycles. The van der Waals surface area contributed by atoms with E-state index in [-0.39, 0.29) is 17.9 Å². The summed E-state index contributed by atoms with van der Waals surface area (Å²) in [5.74, 6) is 0.121. The first-order valence-electron chi connectivity index (χ1n) is 11.7. The van der Waals surface area contributed by atoms with Crippen LogP contribution in [0.2, 0.25) is 0 Å². The molecule has 7 heteroatoms. The highest BCUT2D eigenvalue weighted by Crippen LogP contribution is 2.24. The van der Waals surface area contributed by atoms with Crippen molar-refractivity contribution in [1.82, 2.24) is 20.4 Å². The molecule has 1 fully saturated rings. The van der Waals surface area contributed by atoms with E-state index in [0.717, 1.165) is 39.0 Å². The van der Waals surface area contributed by atoms with E-state index < -0.39 is 0 Å². The number of nitrogens with one attached hydrogen (secondary N) is 2. The Labute approximate surface area is 186 Å². The van der Waals surface area contributed by atoms with E-state index in [1.54, 1.807) is 7.11 Å². The van der Waals surface area contributed by atoms with Crippen molar-refractivity contribution in [3.63, 3.8) is 0 Å². The fourth-order valence-corrected chi connectivity index (χ4v) is 4.41. The molecule has 3 rings (SSSR count). The maximum absolute atomic E-state index is 12.6. The summed E-state index contributed by atoms with van der Waals surface area (Å²) in [6, 6.07) is 6.69. The molecule has 1 aromatic carbocycles. The van der Waals surface area contributed by atoms with Gasteiger partial charge in [0.05, 0.1) is 19.1 Å². The van der Waals surface area contributed by atoms with Gasteiger partial charge in [0.1, 0.15) is 0 Å². The number of ether oxygens (including phenoxy) is 1. The highest BCUT2D eigenvalue weighted by molar-refractivity contribution is 5.79. The minimum Gasteiger partial charge on any atom is -0.385 e. The van der Waals surface area contributed by atoms with E-state index in [2.05, 4.69) is 45.6 Å². The van der Waals surface area contributed by atoms with Crippen molar-refractivity contribution in [2.75, 3.05) is 59.5 Å². The number of hydrogen-bond donors (Lipinski definition) is 2. The molecule has 172 valence electrons. The largest absolute Gasteiger partial charge is 0.385 e. The van der Waals surface area contributed by atoms with Crippen molar-refractivity contribution in [3.8, 4) is 0 Å². The molecular formula is C24H38N4O3. The molecule has 0 radical (unpaired) electrons. The highest BCUT2D eigenvalue weighted by Gasteiger charge is 2.21. The van der Waals surface area contributed by atoms with Crippen molar-refractivity contribution in [2.24, 2.45) is 0 Å². The van der Waals surface area contributed by atoms with Crippen LogP contribution < -0.4 is 10.6 Å². The van der Waals surface area contributed by atoms with Gasteiger partial charge in [0.15, 0.2) is 0 Å². The van der Waals surface area contributed by atoms with Gasteiger partial charge in [-0.2, -0.15) is 0 Å². The maximum Gasteiger partial charge on any atom is 0.234 e. The van der Waals surface area contributed by atoms with E-state index in [1.807, 2.05) is 0 Å². The van der Waals surface area contributed by atoms with Crippen LogP contribution in [0.4, 0.5) is 0 Å². The molecule has 1 aliphatic carbocycles. The lowest BCUT2D eigenvalue weighted by Gasteiger charge is -2.34. The van der Waals surface area contributed by atoms with Crippen LogP contribution in [0.3, 0.4) is 0 Å². The van der Waals surface area contributed by atoms with Gasteiger partial charge in [-0.05, 0) is 55.7 Å². The predicted octanol–water partition coefficient (Wildman–Crippen LogP) is 1.51. The third kappa shape index (κ3) is 7.59. The van der Waals surface area contributed by atoms with E-state index in [9.17, 15) is 9.59 Å². The van der Waals surface area contributed by atoms with E-state index in [0.29, 0.717) is 26.2 Å². The summed E-state index contributed by atoms with van der Waals surface area (Å²) in [7, 11) is 1.66. The minimum atomic E-state index is 0.0165. The summed E-state index contributed by atoms with van der Waals surface area (Å²) in [6.07, 6.45) is 5.70. The first-order chi connectivity index (χ1) is 15.0. The normalized spacial score (nSPS) is 18.3. The zero-order valence-corrected chi connectivity index (χ0v) is 19.1. The molecule has 2 amide bonds. The van der Waals surface area contributed by atoms with Crippen LogP contribution in [0.1, 0.15) is 48.9 Å². The van der Waals surface area contributed by atoms with Crippen LogP contribution in [0.15, 0.2) is 18.2 Å². The number of piperazine rings is 1. The topological polar surface area (TPSA) is 73.9 Å². The van der Waals surface area contributed by atoms with Gasteiger partial charge in [0.25, 0.3) is 0 Å². The summed E-state index contributed by atoms with van der Waals surface area (Å²) < 4.78 is 4.99. The Morgan fingerprint density at radius 3 is 2.32 bits per heavy atom. The van der Waals surface area contributed by atoms with Crippen LogP contribution in [-0.4, -0.2) is 81.1 Å². The summed E-state index contributed by atoms with van der Waals surface area (Å²) in [5.41, 5.74) is 4.11. The van der Waals surface area contributed by atoms with Crippen molar-refractivity contribution >= 4 is 11.8 Å². The Kier molecular flexibility index (Phi) is 9.31. The Balaban J connectivity index is 1.35. The Hall–Kier alpha value is -1.96. The number of fused-ring (bicyclic) bond motifs is 1. The van der Waals surface area contributed by atoms with Gasteiger partial charge in [-0.15, -0.1) is 0 Å². The molecule has 2 N–H and O–H groups in total. The smallest absolute Gasteiger partial charge is 0.234 e. The van der Waals surface area contributed by atoms with Crippen LogP contribution in [0.5, 0.6) is 0 Å². The Morgan fingerprint density at radius 2 is 1.65 bits per heavy atom. The molecule has 2 aliphatic rings. The number of rotatable bonds is 10. The lowest BCUT2D eigenvalue weighted by Crippen LogP contribution is -2.51. The van der Waals surface area contributed by atoms with E-state index >= 15 is 0 Å². The first-order valence-corrected chi connectivity index (χ1v) is 11.7. The summed E-state index contributed by atoms with van der Waals surface area (Å²) >= 11 is 0. The molecule has 0 saturated carbocycles. The lowest BCUT2D eigenvalue weighted by molar-refractivity contribution is -0.125. The molecule has 1 aliphatic heterocycles. The van der Waals surface area contributed by atoms with Gasteiger partial charge in [-0.3, -0.25) is 19.4 Å². The van der Waals surface area contributed by atoms with Crippen LogP contribution in [-0.2, 0) is 27.2 Å². The zero-order valence-electron chi connectivity index (χ0n) is 19.1. The summed E-state index contributed by atoms with van der Waals surface area (Å²) in [6.45, 7) is 7.41. The van der Waals surface area contributed by atoms with Crippen molar-refractivity contribution in [1.29, 1.82) is 0 Å². The average molecular weight is 431 g/mol. The second-order valence-corrected chi connectivity index (χ2v) is 8.77. The van der Waals surface area contributed by atoms with E-state index in [1.165, 1.54) is 36.0 Å². The van der Waals surface area contributed by atoms with Gasteiger partial charge in [0.2, 0.25) is 11.8 Å². The molecule has 1 aromatic rings. The maximum atomic E-state index is 12.6. The number of carbonyl (C=O) groups excluding carboxylic acids is 2. The second-order valence-electron chi connectivity index (χ2n) is 8.77. The van der Waals surface area contributed by atoms with Gasteiger partial charge in [0, 0.05) is 46.4 Å². The number of hydrogen-bond acceptors (Lipinski definition) is 5. The molecule has 1 atom stereocenters. The lowest BCUT2D eigenvalue weighted by atomic mass is 9.89. The molecule has 1 heterocycles. The highest BCUT2D eigenvalue weighted by atomic mass is 16.5. The third-order valence-corrected chi connectivity index (χ3v) is 6.30. The van der Waals surface area contributed by atoms with Crippen molar-refractivity contribution in [2.45, 2.75) is 45.1 Å². The Bertz CT molecular complexity index is 732. The third-order valence-electron chi connectivity index (χ3n) is 6.30. The molecule has 31 heavy (non-hydrogen) atoms. The number of methoxy groups -OCH3 is 1. The summed E-state index contributed by atoms with van der Waals surface area (Å²) in [4.78, 5) is 28.9. The minimum absolute atomic E-state index is 0.0165. The first kappa shape index (κ1) is 23.7. The van der Waals surface area contributed by atoms with Gasteiger partial charge >= 0.3 is 0 Å². The van der Waals surface area contributed by atoms with E-state index in [4.69, 9.17) is 4.74 Å². The quantitative estimate of drug-likeness (QED) is 0.551. The van der Waals surface area contributed by atoms with Gasteiger partial charge in [-0.1, -0.05) is 18.2 Å². The average Bonchev–Trinajstić information content (AvgIpc) is 2.77. The van der Waals surface area contributed by atoms with Crippen LogP contribution in [0.25, 0.3) is 0 Å². The summed E-state index contributed by atoms with van der Waals surface area (Å²) in [5, 5.41) is 6.08. The number of nitrogens with zero attached hydrogens (tertiary/aromatic N) is 2. The van der Waals surface area contributed by atoms with Gasteiger partial charge in [-0.25, -0.2) is 0 Å². The van der Waals surface area contributed by atoms with Crippen molar-refractivity contribution in [3.05, 3.63) is 34.9 Å². The number of aryl methyl sites for hydroxylation is 2. The molecule has 1 saturated heterocycles. The Morgan fingerprint density at radius 1 is 1.00 bits per heavy atom. The SMILES string of the molecule is COCCCNC(=O)CN1CCN(CC(=O)NC(C)c2ccc3c(c2)CCCC3)CC1. The van der Waals surface area contributed by atoms with Crippen molar-refractivity contribution < 1.29 is 14.3 Å². The second kappa shape index (κ2) is 12.2. The fourth-order valence-electron chi connectivity index (χ4n) is 4.41. The fraction of sp³-hybridized carbons (Fsp3) is 0.667.